The van der Waals surface area contributed by atoms with E-state index in [0.29, 0.717) is 21.5 Å². The summed E-state index contributed by atoms with van der Waals surface area (Å²) in [5.74, 6) is -0.549. The van der Waals surface area contributed by atoms with Gasteiger partial charge in [0.1, 0.15) is 5.75 Å². The van der Waals surface area contributed by atoms with Crippen LogP contribution in [-0.4, -0.2) is 30.5 Å². The first-order valence-corrected chi connectivity index (χ1v) is 7.25. The van der Waals surface area contributed by atoms with Crippen LogP contribution >= 0.6 is 15.9 Å². The highest BCUT2D eigenvalue weighted by atomic mass is 79.9. The molecule has 0 amide bonds. The largest absolute Gasteiger partial charge is 0.496 e. The molecule has 6 heteroatoms. The van der Waals surface area contributed by atoms with Crippen molar-refractivity contribution < 1.29 is 19.4 Å². The Morgan fingerprint density at radius 1 is 1.23 bits per heavy atom. The maximum atomic E-state index is 12.2. The second-order valence-corrected chi connectivity index (χ2v) is 5.33. The zero-order valence-corrected chi connectivity index (χ0v) is 13.4. The van der Waals surface area contributed by atoms with E-state index >= 15 is 0 Å². The topological polar surface area (TPSA) is 75.6 Å². The monoisotopic (exact) mass is 363 g/mol. The standard InChI is InChI=1S/C16H14BrNO4/c1-22-15-7-6-10(8-12(15)17)14(19)9-18-13-5-3-2-4-11(13)16(20)21/h2-8,18H,9H2,1H3,(H,20,21). The van der Waals surface area contributed by atoms with Crippen molar-refractivity contribution >= 4 is 33.4 Å². The SMILES string of the molecule is COc1ccc(C(=O)CNc2ccccc2C(=O)O)cc1Br. The Kier molecular flexibility index (Phi) is 5.16. The summed E-state index contributed by atoms with van der Waals surface area (Å²) in [7, 11) is 1.55. The molecule has 114 valence electrons. The zero-order chi connectivity index (χ0) is 16.1. The number of anilines is 1. The fraction of sp³-hybridized carbons (Fsp3) is 0.125. The van der Waals surface area contributed by atoms with Gasteiger partial charge in [0.05, 0.1) is 23.7 Å². The lowest BCUT2D eigenvalue weighted by Crippen LogP contribution is -2.16. The molecule has 0 spiro atoms. The Balaban J connectivity index is 2.10. The molecule has 0 atom stereocenters. The van der Waals surface area contributed by atoms with E-state index in [1.165, 1.54) is 6.07 Å². The van der Waals surface area contributed by atoms with Gasteiger partial charge >= 0.3 is 5.97 Å². The van der Waals surface area contributed by atoms with E-state index in [1.54, 1.807) is 43.5 Å². The van der Waals surface area contributed by atoms with Crippen molar-refractivity contribution in [1.29, 1.82) is 0 Å². The van der Waals surface area contributed by atoms with Crippen LogP contribution in [0.15, 0.2) is 46.9 Å². The Labute approximate surface area is 136 Å². The van der Waals surface area contributed by atoms with E-state index in [0.717, 1.165) is 0 Å². The van der Waals surface area contributed by atoms with Gasteiger partial charge in [0.25, 0.3) is 0 Å². The number of rotatable bonds is 6. The van der Waals surface area contributed by atoms with Crippen molar-refractivity contribution in [2.75, 3.05) is 19.0 Å². The Morgan fingerprint density at radius 2 is 1.95 bits per heavy atom. The smallest absolute Gasteiger partial charge is 0.337 e. The number of aromatic carboxylic acids is 1. The summed E-state index contributed by atoms with van der Waals surface area (Å²) < 4.78 is 5.80. The molecule has 0 bridgehead atoms. The maximum absolute atomic E-state index is 12.2. The van der Waals surface area contributed by atoms with Gasteiger partial charge in [0, 0.05) is 11.3 Å². The van der Waals surface area contributed by atoms with Gasteiger partial charge in [0.2, 0.25) is 0 Å². The number of hydrogen-bond acceptors (Lipinski definition) is 4. The number of carboxylic acids is 1. The molecule has 0 saturated carbocycles. The third-order valence-electron chi connectivity index (χ3n) is 3.07. The first-order valence-electron chi connectivity index (χ1n) is 6.46. The number of halogens is 1. The highest BCUT2D eigenvalue weighted by Crippen LogP contribution is 2.25. The lowest BCUT2D eigenvalue weighted by molar-refractivity contribution is 0.0697. The normalized spacial score (nSPS) is 10.1. The number of Topliss-reactive ketones (excluding diaryl/α,β-unsaturated/α-hetero) is 1. The summed E-state index contributed by atoms with van der Waals surface area (Å²) in [6.45, 7) is 0.00304. The molecule has 0 saturated heterocycles. The van der Waals surface area contributed by atoms with Gasteiger partial charge in [-0.05, 0) is 46.3 Å². The minimum atomic E-state index is -1.04. The Morgan fingerprint density at radius 3 is 2.59 bits per heavy atom. The summed E-state index contributed by atoms with van der Waals surface area (Å²) >= 11 is 3.33. The molecule has 0 aliphatic carbocycles. The van der Waals surface area contributed by atoms with Crippen LogP contribution in [0.3, 0.4) is 0 Å². The van der Waals surface area contributed by atoms with Crippen molar-refractivity contribution in [3.63, 3.8) is 0 Å². The van der Waals surface area contributed by atoms with Crippen LogP contribution in [0.2, 0.25) is 0 Å². The molecule has 0 aliphatic heterocycles. The number of carbonyl (C=O) groups is 2. The number of benzene rings is 2. The second kappa shape index (κ2) is 7.09. The summed E-state index contributed by atoms with van der Waals surface area (Å²) in [6.07, 6.45) is 0. The molecule has 5 nitrogen and oxygen atoms in total. The molecule has 0 heterocycles. The van der Waals surface area contributed by atoms with E-state index in [4.69, 9.17) is 9.84 Å². The quantitative estimate of drug-likeness (QED) is 0.768. The number of nitrogens with one attached hydrogen (secondary N) is 1. The lowest BCUT2D eigenvalue weighted by atomic mass is 10.1. The maximum Gasteiger partial charge on any atom is 0.337 e. The predicted molar refractivity (Wildman–Crippen MR) is 86.9 cm³/mol. The fourth-order valence-corrected chi connectivity index (χ4v) is 2.48. The van der Waals surface area contributed by atoms with E-state index < -0.39 is 5.97 Å². The average Bonchev–Trinajstić information content (AvgIpc) is 2.52. The number of carbonyl (C=O) groups excluding carboxylic acids is 1. The molecular formula is C16H14BrNO4. The minimum Gasteiger partial charge on any atom is -0.496 e. The van der Waals surface area contributed by atoms with E-state index in [-0.39, 0.29) is 17.9 Å². The summed E-state index contributed by atoms with van der Waals surface area (Å²) in [6, 6.07) is 11.5. The molecule has 0 unspecified atom stereocenters. The molecule has 2 aromatic carbocycles. The number of methoxy groups -OCH3 is 1. The van der Waals surface area contributed by atoms with Crippen LogP contribution in [0, 0.1) is 0 Å². The predicted octanol–water partition coefficient (Wildman–Crippen LogP) is 3.45. The zero-order valence-electron chi connectivity index (χ0n) is 11.8. The highest BCUT2D eigenvalue weighted by Gasteiger charge is 2.12. The number of para-hydroxylation sites is 1. The summed E-state index contributed by atoms with van der Waals surface area (Å²) in [4.78, 5) is 23.3. The highest BCUT2D eigenvalue weighted by molar-refractivity contribution is 9.10. The van der Waals surface area contributed by atoms with E-state index in [1.807, 2.05) is 0 Å². The molecular weight excluding hydrogens is 350 g/mol. The van der Waals surface area contributed by atoms with Gasteiger partial charge in [-0.3, -0.25) is 4.79 Å². The Bertz CT molecular complexity index is 715. The van der Waals surface area contributed by atoms with Crippen molar-refractivity contribution in [3.05, 3.63) is 58.1 Å². The van der Waals surface area contributed by atoms with Crippen molar-refractivity contribution in [2.24, 2.45) is 0 Å². The Hall–Kier alpha value is -2.34. The summed E-state index contributed by atoms with van der Waals surface area (Å²) in [5, 5.41) is 12.0. The third-order valence-corrected chi connectivity index (χ3v) is 3.69. The van der Waals surface area contributed by atoms with Crippen LogP contribution in [-0.2, 0) is 0 Å². The van der Waals surface area contributed by atoms with Crippen LogP contribution in [0.5, 0.6) is 5.75 Å². The molecule has 0 radical (unpaired) electrons. The van der Waals surface area contributed by atoms with Gasteiger partial charge < -0.3 is 15.2 Å². The van der Waals surface area contributed by atoms with E-state index in [9.17, 15) is 9.59 Å². The van der Waals surface area contributed by atoms with Gasteiger partial charge in [-0.15, -0.1) is 0 Å². The number of carboxylic acid groups (broad SMARTS) is 1. The van der Waals surface area contributed by atoms with E-state index in [2.05, 4.69) is 21.2 Å². The molecule has 0 aliphatic rings. The first-order chi connectivity index (χ1) is 10.5. The molecule has 0 aromatic heterocycles. The number of hydrogen-bond donors (Lipinski definition) is 2. The van der Waals surface area contributed by atoms with Crippen molar-refractivity contribution in [1.82, 2.24) is 0 Å². The first kappa shape index (κ1) is 16.0. The average molecular weight is 364 g/mol. The third kappa shape index (κ3) is 3.65. The van der Waals surface area contributed by atoms with Crippen molar-refractivity contribution in [2.45, 2.75) is 0 Å². The minimum absolute atomic E-state index is 0.00304. The van der Waals surface area contributed by atoms with Crippen LogP contribution in [0.25, 0.3) is 0 Å². The molecule has 0 fully saturated rings. The molecule has 22 heavy (non-hydrogen) atoms. The van der Waals surface area contributed by atoms with Gasteiger partial charge in [0.15, 0.2) is 5.78 Å². The number of ether oxygens (including phenoxy) is 1. The van der Waals surface area contributed by atoms with Crippen LogP contribution in [0.1, 0.15) is 20.7 Å². The molecule has 2 aromatic rings. The molecule has 2 rings (SSSR count). The van der Waals surface area contributed by atoms with Gasteiger partial charge in [-0.25, -0.2) is 4.79 Å². The summed E-state index contributed by atoms with van der Waals surface area (Å²) in [5.41, 5.74) is 1.05. The van der Waals surface area contributed by atoms with Gasteiger partial charge in [-0.2, -0.15) is 0 Å². The molecule has 2 N–H and O–H groups in total. The lowest BCUT2D eigenvalue weighted by Gasteiger charge is -2.10. The van der Waals surface area contributed by atoms with Gasteiger partial charge in [-0.1, -0.05) is 12.1 Å². The second-order valence-electron chi connectivity index (χ2n) is 4.48. The van der Waals surface area contributed by atoms with Crippen LogP contribution in [0.4, 0.5) is 5.69 Å². The van der Waals surface area contributed by atoms with Crippen LogP contribution < -0.4 is 10.1 Å². The fourth-order valence-electron chi connectivity index (χ4n) is 1.94. The number of ketones is 1. The van der Waals surface area contributed by atoms with Crippen molar-refractivity contribution in [3.8, 4) is 5.75 Å².